The number of hydrogen-bond donors (Lipinski definition) is 4. The number of aromatic nitrogens is 1. The van der Waals surface area contributed by atoms with Crippen LogP contribution in [-0.4, -0.2) is 43.7 Å². The Morgan fingerprint density at radius 1 is 1.22 bits per heavy atom. The Labute approximate surface area is 185 Å². The van der Waals surface area contributed by atoms with Crippen molar-refractivity contribution >= 4 is 33.9 Å². The zero-order valence-corrected chi connectivity index (χ0v) is 18.3. The average Bonchev–Trinajstić information content (AvgIpc) is 2.73. The number of rotatable bonds is 11. The van der Waals surface area contributed by atoms with Crippen molar-refractivity contribution in [1.29, 1.82) is 0 Å². The van der Waals surface area contributed by atoms with Gasteiger partial charge in [-0.2, -0.15) is 0 Å². The fourth-order valence-electron chi connectivity index (χ4n) is 2.90. The van der Waals surface area contributed by atoms with Gasteiger partial charge in [0.25, 0.3) is 15.6 Å². The molecule has 1 amide bonds. The topological polar surface area (TPSA) is 179 Å². The van der Waals surface area contributed by atoms with E-state index in [0.29, 0.717) is 31.2 Å². The molecule has 32 heavy (non-hydrogen) atoms. The van der Waals surface area contributed by atoms with E-state index in [0.717, 1.165) is 4.57 Å². The molecule has 1 heterocycles. The van der Waals surface area contributed by atoms with E-state index in [1.54, 1.807) is 25.1 Å². The number of aliphatic imine (C=N–C) groups is 1. The lowest BCUT2D eigenvalue weighted by atomic mass is 10.2. The third-order valence-corrected chi connectivity index (χ3v) is 5.97. The van der Waals surface area contributed by atoms with E-state index in [9.17, 15) is 22.8 Å². The Morgan fingerprint density at radius 2 is 1.94 bits per heavy atom. The molecule has 6 N–H and O–H groups in total. The number of anilines is 1. The minimum atomic E-state index is -3.99. The number of sulfonamides is 1. The molecular weight excluding hydrogens is 436 g/mol. The molecule has 0 saturated heterocycles. The smallest absolute Gasteiger partial charge is 0.275 e. The molecule has 172 valence electrons. The second-order valence-corrected chi connectivity index (χ2v) is 8.64. The molecule has 0 bridgehead atoms. The number of carbonyl (C=O) groups is 2. The van der Waals surface area contributed by atoms with Crippen LogP contribution in [0, 0.1) is 6.92 Å². The summed E-state index contributed by atoms with van der Waals surface area (Å²) in [5.41, 5.74) is 10.1. The van der Waals surface area contributed by atoms with Crippen molar-refractivity contribution in [2.75, 3.05) is 11.3 Å². The number of pyridine rings is 1. The summed E-state index contributed by atoms with van der Waals surface area (Å²) >= 11 is 0. The summed E-state index contributed by atoms with van der Waals surface area (Å²) in [6.07, 6.45) is 2.72. The van der Waals surface area contributed by atoms with Crippen LogP contribution in [-0.2, 0) is 26.2 Å². The molecule has 11 nitrogen and oxygen atoms in total. The molecule has 12 heteroatoms. The fraction of sp³-hybridized carbons (Fsp3) is 0.300. The molecule has 2 rings (SSSR count). The minimum absolute atomic E-state index is 0.0436. The zero-order chi connectivity index (χ0) is 23.7. The third kappa shape index (κ3) is 6.94. The lowest BCUT2D eigenvalue weighted by molar-refractivity contribution is -0.124. The van der Waals surface area contributed by atoms with Crippen LogP contribution in [0.15, 0.2) is 57.3 Å². The van der Waals surface area contributed by atoms with Crippen LogP contribution in [0.1, 0.15) is 18.4 Å². The summed E-state index contributed by atoms with van der Waals surface area (Å²) in [6, 6.07) is 8.34. The molecule has 1 aromatic carbocycles. The second-order valence-electron chi connectivity index (χ2n) is 6.98. The van der Waals surface area contributed by atoms with Gasteiger partial charge in [-0.05, 0) is 43.5 Å². The maximum absolute atomic E-state index is 12.7. The van der Waals surface area contributed by atoms with Crippen LogP contribution in [0.5, 0.6) is 0 Å². The van der Waals surface area contributed by atoms with Gasteiger partial charge in [-0.15, -0.1) is 0 Å². The van der Waals surface area contributed by atoms with Crippen LogP contribution in [0.4, 0.5) is 5.69 Å². The predicted octanol–water partition coefficient (Wildman–Crippen LogP) is -0.305. The highest BCUT2D eigenvalue weighted by Crippen LogP contribution is 2.17. The first-order valence-corrected chi connectivity index (χ1v) is 11.2. The minimum Gasteiger partial charge on any atom is -0.370 e. The highest BCUT2D eigenvalue weighted by Gasteiger charge is 2.19. The second kappa shape index (κ2) is 11.1. The van der Waals surface area contributed by atoms with Gasteiger partial charge in [0.15, 0.2) is 5.96 Å². The fourth-order valence-corrected chi connectivity index (χ4v) is 4.20. The molecule has 0 aliphatic heterocycles. The first-order chi connectivity index (χ1) is 15.1. The monoisotopic (exact) mass is 462 g/mol. The Bertz CT molecular complexity index is 1160. The van der Waals surface area contributed by atoms with Gasteiger partial charge < -0.3 is 26.1 Å². The van der Waals surface area contributed by atoms with Gasteiger partial charge in [0, 0.05) is 12.7 Å². The zero-order valence-electron chi connectivity index (χ0n) is 17.5. The van der Waals surface area contributed by atoms with Crippen LogP contribution in [0.3, 0.4) is 0 Å². The molecule has 0 aliphatic carbocycles. The Hall–Kier alpha value is -3.67. The quantitative estimate of drug-likeness (QED) is 0.153. The highest BCUT2D eigenvalue weighted by molar-refractivity contribution is 7.92. The van der Waals surface area contributed by atoms with Gasteiger partial charge in [0.2, 0.25) is 5.91 Å². The van der Waals surface area contributed by atoms with E-state index >= 15 is 0 Å². The maximum atomic E-state index is 12.7. The average molecular weight is 463 g/mol. The molecular formula is C20H26N6O5S. The van der Waals surface area contributed by atoms with Crippen molar-refractivity contribution < 1.29 is 18.0 Å². The summed E-state index contributed by atoms with van der Waals surface area (Å²) in [4.78, 5) is 40.0. The molecule has 0 fully saturated rings. The lowest BCUT2D eigenvalue weighted by Crippen LogP contribution is -2.40. The van der Waals surface area contributed by atoms with Crippen LogP contribution >= 0.6 is 0 Å². The summed E-state index contributed by atoms with van der Waals surface area (Å²) in [7, 11) is -3.99. The van der Waals surface area contributed by atoms with E-state index in [-0.39, 0.29) is 16.5 Å². The van der Waals surface area contributed by atoms with Crippen molar-refractivity contribution in [1.82, 2.24) is 9.88 Å². The predicted molar refractivity (Wildman–Crippen MR) is 121 cm³/mol. The Kier molecular flexibility index (Phi) is 8.53. The van der Waals surface area contributed by atoms with Crippen LogP contribution < -0.4 is 27.1 Å². The summed E-state index contributed by atoms with van der Waals surface area (Å²) in [6.45, 7) is 1.56. The van der Waals surface area contributed by atoms with E-state index in [1.807, 2.05) is 0 Å². The number of guanidine groups is 1. The molecule has 2 aromatic rings. The van der Waals surface area contributed by atoms with Gasteiger partial charge >= 0.3 is 0 Å². The van der Waals surface area contributed by atoms with Crippen molar-refractivity contribution in [2.45, 2.75) is 37.2 Å². The maximum Gasteiger partial charge on any atom is 0.275 e. The van der Waals surface area contributed by atoms with Crippen molar-refractivity contribution in [3.05, 3.63) is 58.5 Å². The lowest BCUT2D eigenvalue weighted by Gasteiger charge is -2.14. The molecule has 0 radical (unpaired) electrons. The van der Waals surface area contributed by atoms with Gasteiger partial charge in [0.1, 0.15) is 18.5 Å². The standard InChI is InChI=1S/C20H26N6O5S/c1-14-6-2-3-9-17(14)32(30,31)25-16-8-5-11-26(19(16)29)12-18(28)24-15(13-27)7-4-10-23-20(21)22/h2-3,5-6,8-9,11,13,15,25H,4,7,10,12H2,1H3,(H,24,28)(H4,21,22,23)/t15-/m0/s1. The summed E-state index contributed by atoms with van der Waals surface area (Å²) < 4.78 is 28.6. The van der Waals surface area contributed by atoms with Gasteiger partial charge in [-0.25, -0.2) is 8.42 Å². The summed E-state index contributed by atoms with van der Waals surface area (Å²) in [5, 5.41) is 2.52. The van der Waals surface area contributed by atoms with Gasteiger partial charge in [0.05, 0.1) is 10.9 Å². The number of nitrogens with one attached hydrogen (secondary N) is 2. The van der Waals surface area contributed by atoms with E-state index < -0.39 is 34.1 Å². The van der Waals surface area contributed by atoms with Crippen molar-refractivity contribution in [3.63, 3.8) is 0 Å². The van der Waals surface area contributed by atoms with E-state index in [4.69, 9.17) is 11.5 Å². The first-order valence-electron chi connectivity index (χ1n) is 9.72. The van der Waals surface area contributed by atoms with Crippen LogP contribution in [0.2, 0.25) is 0 Å². The summed E-state index contributed by atoms with van der Waals surface area (Å²) in [5.74, 6) is -0.640. The molecule has 0 unspecified atom stereocenters. The van der Waals surface area contributed by atoms with E-state index in [2.05, 4.69) is 15.0 Å². The van der Waals surface area contributed by atoms with Crippen LogP contribution in [0.25, 0.3) is 0 Å². The Balaban J connectivity index is 2.08. The number of nitrogens with zero attached hydrogens (tertiary/aromatic N) is 2. The normalized spacial score (nSPS) is 11.9. The molecule has 0 saturated carbocycles. The SMILES string of the molecule is Cc1ccccc1S(=O)(=O)Nc1cccn(CC(=O)N[C@H](C=O)CCCN=C(N)N)c1=O. The largest absolute Gasteiger partial charge is 0.370 e. The third-order valence-electron chi connectivity index (χ3n) is 4.44. The molecule has 0 spiro atoms. The van der Waals surface area contributed by atoms with Gasteiger partial charge in [-0.1, -0.05) is 18.2 Å². The number of carbonyl (C=O) groups excluding carboxylic acids is 2. The van der Waals surface area contributed by atoms with Crippen molar-refractivity contribution in [3.8, 4) is 0 Å². The van der Waals surface area contributed by atoms with Gasteiger partial charge in [-0.3, -0.25) is 19.3 Å². The Morgan fingerprint density at radius 3 is 2.59 bits per heavy atom. The number of hydrogen-bond acceptors (Lipinski definition) is 6. The molecule has 0 aliphatic rings. The number of benzene rings is 1. The number of aryl methyl sites for hydroxylation is 1. The highest BCUT2D eigenvalue weighted by atomic mass is 32.2. The molecule has 1 aromatic heterocycles. The number of aldehydes is 1. The van der Waals surface area contributed by atoms with E-state index in [1.165, 1.54) is 24.4 Å². The number of nitrogens with two attached hydrogens (primary N) is 2. The molecule has 1 atom stereocenters. The van der Waals surface area contributed by atoms with Crippen molar-refractivity contribution in [2.24, 2.45) is 16.5 Å². The first kappa shape index (κ1) is 24.6. The number of amides is 1.